The summed E-state index contributed by atoms with van der Waals surface area (Å²) in [5, 5.41) is 8.78. The fraction of sp³-hybridized carbons (Fsp3) is 0.778. The molecule has 13 heavy (non-hydrogen) atoms. The van der Waals surface area contributed by atoms with E-state index in [1.165, 1.54) is 0 Å². The maximum absolute atomic E-state index is 11.2. The summed E-state index contributed by atoms with van der Waals surface area (Å²) in [5.41, 5.74) is 0. The number of aliphatic carboxylic acids is 1. The summed E-state index contributed by atoms with van der Waals surface area (Å²) in [6, 6.07) is 0. The Kier molecular flexibility index (Phi) is 2.90. The van der Waals surface area contributed by atoms with Crippen molar-refractivity contribution in [1.29, 1.82) is 0 Å². The molecule has 1 fully saturated rings. The van der Waals surface area contributed by atoms with Crippen LogP contribution in [-0.4, -0.2) is 23.7 Å². The van der Waals surface area contributed by atoms with Crippen LogP contribution < -0.4 is 0 Å². The Balaban J connectivity index is 2.53. The van der Waals surface area contributed by atoms with E-state index in [-0.39, 0.29) is 11.9 Å². The second-order valence-electron chi connectivity index (χ2n) is 3.44. The lowest BCUT2D eigenvalue weighted by molar-refractivity contribution is -0.168. The van der Waals surface area contributed by atoms with Gasteiger partial charge in [0, 0.05) is 0 Å². The molecule has 0 radical (unpaired) electrons. The Morgan fingerprint density at radius 3 is 2.54 bits per heavy atom. The molecular formula is C9H14O4. The first-order valence-electron chi connectivity index (χ1n) is 4.47. The number of hydrogen-bond acceptors (Lipinski definition) is 3. The highest BCUT2D eigenvalue weighted by Crippen LogP contribution is 2.40. The summed E-state index contributed by atoms with van der Waals surface area (Å²) in [7, 11) is 0. The van der Waals surface area contributed by atoms with Crippen LogP contribution in [0.4, 0.5) is 0 Å². The summed E-state index contributed by atoms with van der Waals surface area (Å²) in [6.07, 6.45) is 0.635. The highest BCUT2D eigenvalue weighted by molar-refractivity contribution is 5.83. The van der Waals surface area contributed by atoms with Gasteiger partial charge in [0.25, 0.3) is 0 Å². The topological polar surface area (TPSA) is 63.6 Å². The third-order valence-electron chi connectivity index (χ3n) is 2.55. The van der Waals surface area contributed by atoms with Crippen molar-refractivity contribution in [3.63, 3.8) is 0 Å². The van der Waals surface area contributed by atoms with Gasteiger partial charge in [0.05, 0.1) is 18.4 Å². The molecule has 1 aliphatic carbocycles. The lowest BCUT2D eigenvalue weighted by Crippen LogP contribution is -2.45. The van der Waals surface area contributed by atoms with Gasteiger partial charge in [-0.25, -0.2) is 0 Å². The fourth-order valence-electron chi connectivity index (χ4n) is 1.80. The highest BCUT2D eigenvalue weighted by atomic mass is 16.5. The molecule has 1 aliphatic rings. The molecule has 0 saturated heterocycles. The molecule has 0 spiro atoms. The third kappa shape index (κ3) is 1.82. The van der Waals surface area contributed by atoms with Crippen molar-refractivity contribution in [2.24, 2.45) is 17.8 Å². The molecular weight excluding hydrogens is 172 g/mol. The minimum absolute atomic E-state index is 0.0897. The Morgan fingerprint density at radius 2 is 2.15 bits per heavy atom. The van der Waals surface area contributed by atoms with Gasteiger partial charge in [-0.3, -0.25) is 9.59 Å². The van der Waals surface area contributed by atoms with Crippen molar-refractivity contribution in [3.05, 3.63) is 0 Å². The van der Waals surface area contributed by atoms with Gasteiger partial charge in [-0.05, 0) is 19.3 Å². The van der Waals surface area contributed by atoms with Gasteiger partial charge < -0.3 is 9.84 Å². The molecule has 74 valence electrons. The van der Waals surface area contributed by atoms with Crippen LogP contribution in [-0.2, 0) is 14.3 Å². The SMILES string of the molecule is CCOC(=O)C1CC(C)C1C(=O)O. The molecule has 0 aromatic rings. The second kappa shape index (κ2) is 3.77. The number of ether oxygens (including phenoxy) is 1. The molecule has 0 amide bonds. The van der Waals surface area contributed by atoms with Gasteiger partial charge in [0.2, 0.25) is 0 Å². The number of esters is 1. The van der Waals surface area contributed by atoms with E-state index in [2.05, 4.69) is 0 Å². The number of carbonyl (C=O) groups excluding carboxylic acids is 1. The van der Waals surface area contributed by atoms with Crippen molar-refractivity contribution in [2.45, 2.75) is 20.3 Å². The number of carboxylic acids is 1. The molecule has 3 atom stereocenters. The Morgan fingerprint density at radius 1 is 1.54 bits per heavy atom. The number of rotatable bonds is 3. The Labute approximate surface area is 76.9 Å². The maximum atomic E-state index is 11.2. The van der Waals surface area contributed by atoms with Gasteiger partial charge in [0.15, 0.2) is 0 Å². The Hall–Kier alpha value is -1.06. The van der Waals surface area contributed by atoms with Crippen molar-refractivity contribution >= 4 is 11.9 Å². The monoisotopic (exact) mass is 186 g/mol. The van der Waals surface area contributed by atoms with E-state index in [0.717, 1.165) is 0 Å². The van der Waals surface area contributed by atoms with Crippen LogP contribution in [0.1, 0.15) is 20.3 Å². The second-order valence-corrected chi connectivity index (χ2v) is 3.44. The van der Waals surface area contributed by atoms with Gasteiger partial charge in [-0.2, -0.15) is 0 Å². The van der Waals surface area contributed by atoms with Crippen LogP contribution >= 0.6 is 0 Å². The van der Waals surface area contributed by atoms with Gasteiger partial charge in [-0.1, -0.05) is 6.92 Å². The molecule has 1 N–H and O–H groups in total. The minimum atomic E-state index is -0.892. The molecule has 4 heteroatoms. The van der Waals surface area contributed by atoms with E-state index in [4.69, 9.17) is 9.84 Å². The average molecular weight is 186 g/mol. The van der Waals surface area contributed by atoms with E-state index in [1.54, 1.807) is 6.92 Å². The van der Waals surface area contributed by atoms with Crippen LogP contribution in [0.15, 0.2) is 0 Å². The number of carboxylic acid groups (broad SMARTS) is 1. The normalized spacial score (nSPS) is 32.0. The van der Waals surface area contributed by atoms with Crippen LogP contribution in [0.3, 0.4) is 0 Å². The maximum Gasteiger partial charge on any atom is 0.309 e. The fourth-order valence-corrected chi connectivity index (χ4v) is 1.80. The zero-order valence-electron chi connectivity index (χ0n) is 7.82. The predicted molar refractivity (Wildman–Crippen MR) is 45.0 cm³/mol. The van der Waals surface area contributed by atoms with Crippen LogP contribution in [0.25, 0.3) is 0 Å². The predicted octanol–water partition coefficient (Wildman–Crippen LogP) is 0.906. The molecule has 0 aromatic carbocycles. The van der Waals surface area contributed by atoms with Crippen LogP contribution in [0.5, 0.6) is 0 Å². The molecule has 4 nitrogen and oxygen atoms in total. The first-order valence-corrected chi connectivity index (χ1v) is 4.47. The number of carbonyl (C=O) groups is 2. The lowest BCUT2D eigenvalue weighted by atomic mass is 9.65. The zero-order valence-corrected chi connectivity index (χ0v) is 7.82. The summed E-state index contributed by atoms with van der Waals surface area (Å²) in [5.74, 6) is -2.14. The quantitative estimate of drug-likeness (QED) is 0.665. The number of hydrogen-bond donors (Lipinski definition) is 1. The van der Waals surface area contributed by atoms with E-state index < -0.39 is 17.8 Å². The summed E-state index contributed by atoms with van der Waals surface area (Å²) in [4.78, 5) is 21.9. The summed E-state index contributed by atoms with van der Waals surface area (Å²) >= 11 is 0. The van der Waals surface area contributed by atoms with E-state index in [1.807, 2.05) is 6.92 Å². The molecule has 3 unspecified atom stereocenters. The summed E-state index contributed by atoms with van der Waals surface area (Å²) in [6.45, 7) is 3.88. The van der Waals surface area contributed by atoms with E-state index in [9.17, 15) is 9.59 Å². The first-order chi connectivity index (χ1) is 6.07. The van der Waals surface area contributed by atoms with Crippen LogP contribution in [0, 0.1) is 17.8 Å². The Bertz CT molecular complexity index is 224. The molecule has 0 aromatic heterocycles. The van der Waals surface area contributed by atoms with Gasteiger partial charge in [-0.15, -0.1) is 0 Å². The first kappa shape index (κ1) is 10.0. The standard InChI is InChI=1S/C9H14O4/c1-3-13-9(12)6-4-5(2)7(6)8(10)11/h5-7H,3-4H2,1-2H3,(H,10,11). The van der Waals surface area contributed by atoms with E-state index in [0.29, 0.717) is 13.0 Å². The minimum Gasteiger partial charge on any atom is -0.481 e. The van der Waals surface area contributed by atoms with Crippen LogP contribution in [0.2, 0.25) is 0 Å². The van der Waals surface area contributed by atoms with Crippen molar-refractivity contribution in [3.8, 4) is 0 Å². The van der Waals surface area contributed by atoms with Crippen molar-refractivity contribution in [2.75, 3.05) is 6.61 Å². The third-order valence-corrected chi connectivity index (χ3v) is 2.55. The van der Waals surface area contributed by atoms with Gasteiger partial charge in [0.1, 0.15) is 0 Å². The zero-order chi connectivity index (χ0) is 10.0. The summed E-state index contributed by atoms with van der Waals surface area (Å²) < 4.78 is 4.77. The molecule has 1 saturated carbocycles. The molecule has 0 heterocycles. The van der Waals surface area contributed by atoms with Crippen molar-refractivity contribution in [1.82, 2.24) is 0 Å². The molecule has 0 bridgehead atoms. The lowest BCUT2D eigenvalue weighted by Gasteiger charge is -2.37. The smallest absolute Gasteiger partial charge is 0.309 e. The van der Waals surface area contributed by atoms with E-state index >= 15 is 0 Å². The van der Waals surface area contributed by atoms with Gasteiger partial charge >= 0.3 is 11.9 Å². The largest absolute Gasteiger partial charge is 0.481 e. The average Bonchev–Trinajstić information content (AvgIpc) is 1.98. The van der Waals surface area contributed by atoms with Crippen molar-refractivity contribution < 1.29 is 19.4 Å². The highest BCUT2D eigenvalue weighted by Gasteiger charge is 2.48. The molecule has 1 rings (SSSR count). The molecule has 0 aliphatic heterocycles.